The molecule has 128 valence electrons. The molecule has 0 radical (unpaired) electrons. The molecule has 0 aliphatic carbocycles. The van der Waals surface area contributed by atoms with E-state index in [0.29, 0.717) is 17.1 Å². The fourth-order valence-electron chi connectivity index (χ4n) is 2.03. The van der Waals surface area contributed by atoms with Crippen LogP contribution in [0.4, 0.5) is 0 Å². The van der Waals surface area contributed by atoms with E-state index in [1.807, 2.05) is 55.5 Å². The molecule has 4 heteroatoms. The van der Waals surface area contributed by atoms with Crippen molar-refractivity contribution in [2.24, 2.45) is 0 Å². The topological polar surface area (TPSA) is 52.3 Å². The molecule has 0 amide bonds. The zero-order valence-electron chi connectivity index (χ0n) is 14.6. The molecule has 2 rings (SSSR count). The quantitative estimate of drug-likeness (QED) is 0.725. The second-order valence-electron chi connectivity index (χ2n) is 5.40. The second-order valence-corrected chi connectivity index (χ2v) is 5.40. The molecule has 0 aliphatic heterocycles. The highest BCUT2D eigenvalue weighted by Crippen LogP contribution is 2.16. The van der Waals surface area contributed by atoms with Gasteiger partial charge in [-0.25, -0.2) is 4.79 Å². The second kappa shape index (κ2) is 9.23. The SMILES string of the molecule is COc1cc(/C=C/C(C)=C/C=C/C=C/c2cccnc2)oc(=O)c1C. The molecule has 0 saturated heterocycles. The summed E-state index contributed by atoms with van der Waals surface area (Å²) in [5.41, 5.74) is 2.15. The van der Waals surface area contributed by atoms with Gasteiger partial charge < -0.3 is 9.15 Å². The number of methoxy groups -OCH3 is 1. The Bertz CT molecular complexity index is 872. The Hall–Kier alpha value is -3.14. The summed E-state index contributed by atoms with van der Waals surface area (Å²) in [5, 5.41) is 0. The maximum absolute atomic E-state index is 11.7. The lowest BCUT2D eigenvalue weighted by Crippen LogP contribution is -2.05. The molecule has 25 heavy (non-hydrogen) atoms. The number of aromatic nitrogens is 1. The molecular formula is C21H21NO3. The lowest BCUT2D eigenvalue weighted by atomic mass is 10.2. The Balaban J connectivity index is 2.00. The normalized spacial score (nSPS) is 12.5. The van der Waals surface area contributed by atoms with Crippen LogP contribution in [-0.2, 0) is 0 Å². The van der Waals surface area contributed by atoms with Crippen LogP contribution >= 0.6 is 0 Å². The Morgan fingerprint density at radius 1 is 1.24 bits per heavy atom. The monoisotopic (exact) mass is 335 g/mol. The van der Waals surface area contributed by atoms with E-state index < -0.39 is 0 Å². The third-order valence-corrected chi connectivity index (χ3v) is 3.44. The Labute approximate surface area is 147 Å². The molecular weight excluding hydrogens is 314 g/mol. The lowest BCUT2D eigenvalue weighted by Gasteiger charge is -2.03. The number of hydrogen-bond donors (Lipinski definition) is 0. The minimum Gasteiger partial charge on any atom is -0.496 e. The first-order valence-electron chi connectivity index (χ1n) is 7.88. The first-order valence-corrected chi connectivity index (χ1v) is 7.88. The molecule has 4 nitrogen and oxygen atoms in total. The predicted octanol–water partition coefficient (Wildman–Crippen LogP) is 4.58. The van der Waals surface area contributed by atoms with Crippen molar-refractivity contribution >= 4 is 12.2 Å². The summed E-state index contributed by atoms with van der Waals surface area (Å²) in [6.07, 6.45) is 17.0. The van der Waals surface area contributed by atoms with Crippen molar-refractivity contribution in [3.8, 4) is 5.75 Å². The van der Waals surface area contributed by atoms with Crippen LogP contribution in [0.5, 0.6) is 5.75 Å². The molecule has 0 saturated carbocycles. The van der Waals surface area contributed by atoms with Gasteiger partial charge in [-0.3, -0.25) is 4.98 Å². The fraction of sp³-hybridized carbons (Fsp3) is 0.143. The summed E-state index contributed by atoms with van der Waals surface area (Å²) in [6.45, 7) is 3.64. The van der Waals surface area contributed by atoms with E-state index in [2.05, 4.69) is 4.98 Å². The molecule has 0 aromatic carbocycles. The Kier molecular flexibility index (Phi) is 6.72. The molecule has 0 fully saturated rings. The molecule has 2 aromatic rings. The number of pyridine rings is 1. The van der Waals surface area contributed by atoms with Gasteiger partial charge in [0, 0.05) is 18.5 Å². The average Bonchev–Trinajstić information content (AvgIpc) is 2.63. The number of hydrogen-bond acceptors (Lipinski definition) is 4. The van der Waals surface area contributed by atoms with Crippen LogP contribution in [0.3, 0.4) is 0 Å². The maximum Gasteiger partial charge on any atom is 0.342 e. The fourth-order valence-corrected chi connectivity index (χ4v) is 2.03. The summed E-state index contributed by atoms with van der Waals surface area (Å²) in [6, 6.07) is 5.59. The van der Waals surface area contributed by atoms with Gasteiger partial charge in [0.1, 0.15) is 11.5 Å². The van der Waals surface area contributed by atoms with Gasteiger partial charge in [0.05, 0.1) is 12.7 Å². The molecule has 0 N–H and O–H groups in total. The molecule has 2 aromatic heterocycles. The first-order chi connectivity index (χ1) is 12.1. The highest BCUT2D eigenvalue weighted by molar-refractivity contribution is 5.51. The standard InChI is InChI=1S/C21H21NO3/c1-16(8-5-4-6-9-18-10-7-13-22-15-18)11-12-19-14-20(24-3)17(2)21(23)25-19/h4-15H,1-3H3/b5-4+,9-6+,12-11+,16-8+. The zero-order chi connectivity index (χ0) is 18.1. The molecule has 0 atom stereocenters. The van der Waals surface area contributed by atoms with E-state index in [-0.39, 0.29) is 5.63 Å². The van der Waals surface area contributed by atoms with E-state index in [1.54, 1.807) is 31.5 Å². The minimum atomic E-state index is -0.388. The van der Waals surface area contributed by atoms with Crippen molar-refractivity contribution in [1.29, 1.82) is 0 Å². The Morgan fingerprint density at radius 3 is 2.80 bits per heavy atom. The number of rotatable bonds is 6. The highest BCUT2D eigenvalue weighted by Gasteiger charge is 2.05. The van der Waals surface area contributed by atoms with Gasteiger partial charge >= 0.3 is 5.63 Å². The number of ether oxygens (including phenoxy) is 1. The van der Waals surface area contributed by atoms with Crippen LogP contribution in [0, 0.1) is 6.92 Å². The van der Waals surface area contributed by atoms with E-state index in [9.17, 15) is 4.79 Å². The predicted molar refractivity (Wildman–Crippen MR) is 101 cm³/mol. The molecule has 0 aliphatic rings. The molecule has 0 unspecified atom stereocenters. The van der Waals surface area contributed by atoms with Crippen molar-refractivity contribution in [2.45, 2.75) is 13.8 Å². The van der Waals surface area contributed by atoms with Gasteiger partial charge in [-0.15, -0.1) is 0 Å². The van der Waals surface area contributed by atoms with Crippen molar-refractivity contribution in [2.75, 3.05) is 7.11 Å². The summed E-state index contributed by atoms with van der Waals surface area (Å²) >= 11 is 0. The smallest absolute Gasteiger partial charge is 0.342 e. The largest absolute Gasteiger partial charge is 0.496 e. The van der Waals surface area contributed by atoms with Gasteiger partial charge in [0.2, 0.25) is 0 Å². The Morgan fingerprint density at radius 2 is 2.08 bits per heavy atom. The van der Waals surface area contributed by atoms with Gasteiger partial charge in [-0.2, -0.15) is 0 Å². The zero-order valence-corrected chi connectivity index (χ0v) is 14.6. The molecule has 0 spiro atoms. The maximum atomic E-state index is 11.7. The summed E-state index contributed by atoms with van der Waals surface area (Å²) < 4.78 is 10.4. The van der Waals surface area contributed by atoms with Crippen LogP contribution in [-0.4, -0.2) is 12.1 Å². The summed E-state index contributed by atoms with van der Waals surface area (Å²) in [4.78, 5) is 15.8. The van der Waals surface area contributed by atoms with E-state index >= 15 is 0 Å². The average molecular weight is 335 g/mol. The molecule has 0 bridgehead atoms. The van der Waals surface area contributed by atoms with Crippen molar-refractivity contribution in [3.63, 3.8) is 0 Å². The van der Waals surface area contributed by atoms with E-state index in [1.165, 1.54) is 7.11 Å². The highest BCUT2D eigenvalue weighted by atomic mass is 16.5. The van der Waals surface area contributed by atoms with Gasteiger partial charge in [0.25, 0.3) is 0 Å². The van der Waals surface area contributed by atoms with Gasteiger partial charge in [0.15, 0.2) is 0 Å². The van der Waals surface area contributed by atoms with E-state index in [4.69, 9.17) is 9.15 Å². The third-order valence-electron chi connectivity index (χ3n) is 3.44. The first kappa shape index (κ1) is 18.2. The number of allylic oxidation sites excluding steroid dienone is 6. The van der Waals surface area contributed by atoms with Crippen LogP contribution < -0.4 is 10.4 Å². The summed E-state index contributed by atoms with van der Waals surface area (Å²) in [7, 11) is 1.53. The van der Waals surface area contributed by atoms with Crippen LogP contribution in [0.15, 0.2) is 75.8 Å². The summed E-state index contributed by atoms with van der Waals surface area (Å²) in [5.74, 6) is 0.985. The van der Waals surface area contributed by atoms with Gasteiger partial charge in [-0.05, 0) is 31.6 Å². The van der Waals surface area contributed by atoms with Crippen LogP contribution in [0.1, 0.15) is 23.8 Å². The van der Waals surface area contributed by atoms with Crippen molar-refractivity contribution in [1.82, 2.24) is 4.98 Å². The van der Waals surface area contributed by atoms with E-state index in [0.717, 1.165) is 11.1 Å². The van der Waals surface area contributed by atoms with Crippen molar-refractivity contribution < 1.29 is 9.15 Å². The third kappa shape index (κ3) is 5.77. The number of nitrogens with zero attached hydrogens (tertiary/aromatic N) is 1. The van der Waals surface area contributed by atoms with Gasteiger partial charge in [-0.1, -0.05) is 48.1 Å². The van der Waals surface area contributed by atoms with Crippen LogP contribution in [0.25, 0.3) is 12.2 Å². The molecule has 2 heterocycles. The lowest BCUT2D eigenvalue weighted by molar-refractivity contribution is 0.395. The minimum absolute atomic E-state index is 0.388. The van der Waals surface area contributed by atoms with Crippen molar-refractivity contribution in [3.05, 3.63) is 93.9 Å². The van der Waals surface area contributed by atoms with Crippen LogP contribution in [0.2, 0.25) is 0 Å².